The standard InChI is InChI=1S/C8H9NO5S/c1-14-8(10)6-2-4-7(5-3-6)9-15(11,12)13/h2-5,9H,1H3,(H,11,12,13). The van der Waals surface area contributed by atoms with E-state index >= 15 is 0 Å². The van der Waals surface area contributed by atoms with Gasteiger partial charge in [-0.25, -0.2) is 4.79 Å². The minimum atomic E-state index is -4.28. The fourth-order valence-corrected chi connectivity index (χ4v) is 1.38. The third kappa shape index (κ3) is 3.56. The van der Waals surface area contributed by atoms with E-state index in [4.69, 9.17) is 4.55 Å². The SMILES string of the molecule is COC(=O)c1ccc(NS(=O)(=O)O)cc1. The highest BCUT2D eigenvalue weighted by molar-refractivity contribution is 7.87. The Balaban J connectivity index is 2.86. The van der Waals surface area contributed by atoms with Crippen molar-refractivity contribution in [3.63, 3.8) is 0 Å². The van der Waals surface area contributed by atoms with Gasteiger partial charge in [0, 0.05) is 0 Å². The molecule has 0 unspecified atom stereocenters. The van der Waals surface area contributed by atoms with E-state index in [9.17, 15) is 13.2 Å². The van der Waals surface area contributed by atoms with Crippen molar-refractivity contribution in [3.05, 3.63) is 29.8 Å². The van der Waals surface area contributed by atoms with Crippen LogP contribution in [-0.2, 0) is 15.0 Å². The Morgan fingerprint density at radius 3 is 2.27 bits per heavy atom. The average Bonchev–Trinajstić information content (AvgIpc) is 2.15. The number of rotatable bonds is 3. The smallest absolute Gasteiger partial charge is 0.357 e. The zero-order valence-corrected chi connectivity index (χ0v) is 8.61. The molecule has 0 spiro atoms. The molecule has 1 aromatic rings. The Morgan fingerprint density at radius 2 is 1.87 bits per heavy atom. The molecule has 0 saturated heterocycles. The molecule has 0 aliphatic carbocycles. The quantitative estimate of drug-likeness (QED) is 0.589. The summed E-state index contributed by atoms with van der Waals surface area (Å²) in [7, 11) is -3.04. The van der Waals surface area contributed by atoms with Crippen LogP contribution in [0.1, 0.15) is 10.4 Å². The number of carbonyl (C=O) groups excluding carboxylic acids is 1. The molecule has 0 aromatic heterocycles. The maximum Gasteiger partial charge on any atom is 0.357 e. The van der Waals surface area contributed by atoms with E-state index in [0.717, 1.165) is 0 Å². The zero-order chi connectivity index (χ0) is 11.5. The second-order valence-corrected chi connectivity index (χ2v) is 3.80. The first-order chi connectivity index (χ1) is 6.92. The van der Waals surface area contributed by atoms with Gasteiger partial charge in [-0.05, 0) is 24.3 Å². The number of hydrogen-bond donors (Lipinski definition) is 2. The maximum atomic E-state index is 11.0. The van der Waals surface area contributed by atoms with Crippen molar-refractivity contribution in [1.82, 2.24) is 0 Å². The van der Waals surface area contributed by atoms with E-state index in [2.05, 4.69) is 4.74 Å². The molecule has 0 aliphatic rings. The Kier molecular flexibility index (Phi) is 3.28. The number of ether oxygens (including phenoxy) is 1. The van der Waals surface area contributed by atoms with E-state index in [1.54, 1.807) is 0 Å². The summed E-state index contributed by atoms with van der Waals surface area (Å²) in [5.74, 6) is -0.520. The number of benzene rings is 1. The largest absolute Gasteiger partial charge is 0.465 e. The number of hydrogen-bond acceptors (Lipinski definition) is 4. The molecule has 1 rings (SSSR count). The van der Waals surface area contributed by atoms with Gasteiger partial charge in [0.15, 0.2) is 0 Å². The lowest BCUT2D eigenvalue weighted by Crippen LogP contribution is -2.10. The van der Waals surface area contributed by atoms with E-state index in [1.807, 2.05) is 4.72 Å². The average molecular weight is 231 g/mol. The number of carbonyl (C=O) groups is 1. The fraction of sp³-hybridized carbons (Fsp3) is 0.125. The highest BCUT2D eigenvalue weighted by atomic mass is 32.2. The molecule has 0 saturated carbocycles. The van der Waals surface area contributed by atoms with Crippen LogP contribution in [-0.4, -0.2) is 26.0 Å². The zero-order valence-electron chi connectivity index (χ0n) is 7.80. The Labute approximate surface area is 86.8 Å². The van der Waals surface area contributed by atoms with Crippen LogP contribution >= 0.6 is 0 Å². The van der Waals surface area contributed by atoms with Gasteiger partial charge in [0.1, 0.15) is 0 Å². The van der Waals surface area contributed by atoms with Gasteiger partial charge in [-0.2, -0.15) is 8.42 Å². The van der Waals surface area contributed by atoms with Crippen molar-refractivity contribution < 1.29 is 22.5 Å². The molecular weight excluding hydrogens is 222 g/mol. The number of nitrogens with one attached hydrogen (secondary N) is 1. The maximum absolute atomic E-state index is 11.0. The van der Waals surface area contributed by atoms with Gasteiger partial charge in [-0.3, -0.25) is 9.27 Å². The molecule has 0 amide bonds. The first kappa shape index (κ1) is 11.5. The molecule has 1 aromatic carbocycles. The Bertz CT molecular complexity index is 450. The van der Waals surface area contributed by atoms with Crippen molar-refractivity contribution in [2.45, 2.75) is 0 Å². The Hall–Kier alpha value is -1.60. The predicted octanol–water partition coefficient (Wildman–Crippen LogP) is 0.688. The summed E-state index contributed by atoms with van der Waals surface area (Å²) >= 11 is 0. The lowest BCUT2D eigenvalue weighted by Gasteiger charge is -2.03. The van der Waals surface area contributed by atoms with Gasteiger partial charge in [0.2, 0.25) is 0 Å². The first-order valence-electron chi connectivity index (χ1n) is 3.86. The van der Waals surface area contributed by atoms with E-state index < -0.39 is 16.3 Å². The molecular formula is C8H9NO5S. The molecule has 15 heavy (non-hydrogen) atoms. The lowest BCUT2D eigenvalue weighted by atomic mass is 10.2. The minimum absolute atomic E-state index is 0.158. The third-order valence-electron chi connectivity index (χ3n) is 1.55. The van der Waals surface area contributed by atoms with Crippen LogP contribution < -0.4 is 4.72 Å². The van der Waals surface area contributed by atoms with Gasteiger partial charge in [0.05, 0.1) is 18.4 Å². The van der Waals surface area contributed by atoms with Crippen molar-refractivity contribution >= 4 is 22.0 Å². The number of anilines is 1. The number of esters is 1. The third-order valence-corrected chi connectivity index (χ3v) is 2.05. The second kappa shape index (κ2) is 4.28. The van der Waals surface area contributed by atoms with Crippen molar-refractivity contribution in [1.29, 1.82) is 0 Å². The summed E-state index contributed by atoms with van der Waals surface area (Å²) in [5.41, 5.74) is 0.448. The van der Waals surface area contributed by atoms with E-state index in [0.29, 0.717) is 5.56 Å². The summed E-state index contributed by atoms with van der Waals surface area (Å²) < 4.78 is 35.6. The summed E-state index contributed by atoms with van der Waals surface area (Å²) in [4.78, 5) is 11.0. The molecule has 6 nitrogen and oxygen atoms in total. The normalized spacial score (nSPS) is 10.8. The molecule has 7 heteroatoms. The van der Waals surface area contributed by atoms with E-state index in [1.165, 1.54) is 31.4 Å². The van der Waals surface area contributed by atoms with Gasteiger partial charge in [-0.15, -0.1) is 0 Å². The topological polar surface area (TPSA) is 92.7 Å². The van der Waals surface area contributed by atoms with Crippen LogP contribution in [0.15, 0.2) is 24.3 Å². The summed E-state index contributed by atoms with van der Waals surface area (Å²) in [6.45, 7) is 0. The monoisotopic (exact) mass is 231 g/mol. The molecule has 0 heterocycles. The lowest BCUT2D eigenvalue weighted by molar-refractivity contribution is 0.0601. The molecule has 0 fully saturated rings. The molecule has 0 atom stereocenters. The highest BCUT2D eigenvalue weighted by Gasteiger charge is 2.06. The first-order valence-corrected chi connectivity index (χ1v) is 5.30. The van der Waals surface area contributed by atoms with Gasteiger partial charge in [0.25, 0.3) is 0 Å². The van der Waals surface area contributed by atoms with Crippen LogP contribution in [0.4, 0.5) is 5.69 Å². The van der Waals surface area contributed by atoms with Crippen LogP contribution in [0.5, 0.6) is 0 Å². The van der Waals surface area contributed by atoms with Crippen molar-refractivity contribution in [2.24, 2.45) is 0 Å². The van der Waals surface area contributed by atoms with Crippen molar-refractivity contribution in [2.75, 3.05) is 11.8 Å². The molecule has 82 valence electrons. The van der Waals surface area contributed by atoms with Crippen LogP contribution in [0.2, 0.25) is 0 Å². The van der Waals surface area contributed by atoms with Gasteiger partial charge < -0.3 is 4.74 Å². The molecule has 0 bridgehead atoms. The Morgan fingerprint density at radius 1 is 1.33 bits per heavy atom. The molecule has 0 aliphatic heterocycles. The molecule has 0 radical (unpaired) electrons. The van der Waals surface area contributed by atoms with Crippen LogP contribution in [0.3, 0.4) is 0 Å². The second-order valence-electron chi connectivity index (χ2n) is 2.65. The van der Waals surface area contributed by atoms with E-state index in [-0.39, 0.29) is 5.69 Å². The van der Waals surface area contributed by atoms with Crippen LogP contribution in [0.25, 0.3) is 0 Å². The predicted molar refractivity (Wildman–Crippen MR) is 53.0 cm³/mol. The van der Waals surface area contributed by atoms with Crippen LogP contribution in [0, 0.1) is 0 Å². The fourth-order valence-electron chi connectivity index (χ4n) is 0.941. The van der Waals surface area contributed by atoms with Crippen molar-refractivity contribution in [3.8, 4) is 0 Å². The van der Waals surface area contributed by atoms with Gasteiger partial charge in [-0.1, -0.05) is 0 Å². The molecule has 2 N–H and O–H groups in total. The summed E-state index contributed by atoms with van der Waals surface area (Å²) in [5, 5.41) is 0. The number of methoxy groups -OCH3 is 1. The summed E-state index contributed by atoms with van der Waals surface area (Å²) in [6.07, 6.45) is 0. The summed E-state index contributed by atoms with van der Waals surface area (Å²) in [6, 6.07) is 5.42. The van der Waals surface area contributed by atoms with Gasteiger partial charge >= 0.3 is 16.3 Å². The highest BCUT2D eigenvalue weighted by Crippen LogP contribution is 2.11. The minimum Gasteiger partial charge on any atom is -0.465 e.